The Bertz CT molecular complexity index is 797. The highest BCUT2D eigenvalue weighted by Crippen LogP contribution is 2.55. The Kier molecular flexibility index (Phi) is 5.45. The number of carbonyl (C=O) groups excluding carboxylic acids is 4. The van der Waals surface area contributed by atoms with E-state index >= 15 is 0 Å². The Morgan fingerprint density at radius 2 is 1.97 bits per heavy atom. The van der Waals surface area contributed by atoms with Crippen LogP contribution >= 0.6 is 0 Å². The van der Waals surface area contributed by atoms with Crippen molar-refractivity contribution in [1.82, 2.24) is 0 Å². The molecule has 0 aromatic rings. The molecule has 1 saturated heterocycles. The molecule has 0 radical (unpaired) electrons. The molecule has 2 fully saturated rings. The molecule has 29 heavy (non-hydrogen) atoms. The fraction of sp³-hybridized carbons (Fsp3) is 0.636. The summed E-state index contributed by atoms with van der Waals surface area (Å²) < 4.78 is 17.0. The van der Waals surface area contributed by atoms with Crippen LogP contribution in [0.4, 0.5) is 0 Å². The van der Waals surface area contributed by atoms with Crippen LogP contribution in [0.25, 0.3) is 0 Å². The molecule has 7 nitrogen and oxygen atoms in total. The molecule has 1 saturated carbocycles. The molecule has 0 N–H and O–H groups in total. The van der Waals surface area contributed by atoms with Gasteiger partial charge in [-0.3, -0.25) is 14.4 Å². The molecule has 1 aliphatic heterocycles. The number of hydrogen-bond donors (Lipinski definition) is 0. The van der Waals surface area contributed by atoms with Crippen LogP contribution in [0.1, 0.15) is 41.0 Å². The lowest BCUT2D eigenvalue weighted by Gasteiger charge is -2.39. The van der Waals surface area contributed by atoms with Crippen LogP contribution in [0, 0.1) is 29.1 Å². The normalized spacial score (nSPS) is 39.3. The Hall–Kier alpha value is -2.44. The first-order valence-electron chi connectivity index (χ1n) is 10.0. The number of fused-ring (bicyclic) bond motifs is 2. The van der Waals surface area contributed by atoms with Crippen molar-refractivity contribution in [2.75, 3.05) is 0 Å². The van der Waals surface area contributed by atoms with E-state index in [0.29, 0.717) is 6.42 Å². The lowest BCUT2D eigenvalue weighted by molar-refractivity contribution is -0.171. The first kappa shape index (κ1) is 21.3. The van der Waals surface area contributed by atoms with Gasteiger partial charge in [0.1, 0.15) is 18.3 Å². The SMILES string of the molecule is C=C1C(=O)O[C@@H]2[C@H](OC(C)=O)[C@@H](C)[C@@H]3C=CC(=O)[C@@]3(C)[C@@H](OC(=O)[C@H](C)CC)[C@H]12. The third-order valence-corrected chi connectivity index (χ3v) is 6.83. The van der Waals surface area contributed by atoms with Crippen molar-refractivity contribution in [1.29, 1.82) is 0 Å². The summed E-state index contributed by atoms with van der Waals surface area (Å²) in [5.41, 5.74) is -0.986. The van der Waals surface area contributed by atoms with Crippen LogP contribution in [-0.2, 0) is 33.4 Å². The molecule has 0 amide bonds. The van der Waals surface area contributed by atoms with E-state index in [0.717, 1.165) is 0 Å². The second-order valence-corrected chi connectivity index (χ2v) is 8.55. The number of esters is 3. The molecule has 2 aliphatic carbocycles. The van der Waals surface area contributed by atoms with Crippen molar-refractivity contribution in [2.45, 2.75) is 59.4 Å². The zero-order chi connectivity index (χ0) is 21.7. The molecule has 0 bridgehead atoms. The van der Waals surface area contributed by atoms with Gasteiger partial charge >= 0.3 is 17.9 Å². The number of allylic oxidation sites excluding steroid dienone is 2. The van der Waals surface area contributed by atoms with Gasteiger partial charge in [-0.15, -0.1) is 0 Å². The molecule has 158 valence electrons. The monoisotopic (exact) mass is 404 g/mol. The molecule has 8 atom stereocenters. The van der Waals surface area contributed by atoms with E-state index in [4.69, 9.17) is 14.2 Å². The fourth-order valence-corrected chi connectivity index (χ4v) is 4.87. The van der Waals surface area contributed by atoms with Crippen LogP contribution < -0.4 is 0 Å². The molecular formula is C22H28O7. The van der Waals surface area contributed by atoms with E-state index in [-0.39, 0.29) is 29.1 Å². The summed E-state index contributed by atoms with van der Waals surface area (Å²) in [5.74, 6) is -3.62. The first-order chi connectivity index (χ1) is 13.5. The van der Waals surface area contributed by atoms with Crippen LogP contribution in [0.3, 0.4) is 0 Å². The van der Waals surface area contributed by atoms with Crippen LogP contribution in [-0.4, -0.2) is 42.0 Å². The summed E-state index contributed by atoms with van der Waals surface area (Å²) in [6.45, 7) is 12.4. The third kappa shape index (κ3) is 3.20. The smallest absolute Gasteiger partial charge is 0.334 e. The summed E-state index contributed by atoms with van der Waals surface area (Å²) >= 11 is 0. The highest BCUT2D eigenvalue weighted by Gasteiger charge is 2.65. The summed E-state index contributed by atoms with van der Waals surface area (Å²) in [7, 11) is 0. The van der Waals surface area contributed by atoms with Gasteiger partial charge in [-0.05, 0) is 25.3 Å². The van der Waals surface area contributed by atoms with Crippen molar-refractivity contribution in [2.24, 2.45) is 29.1 Å². The summed E-state index contributed by atoms with van der Waals surface area (Å²) in [6, 6.07) is 0. The summed E-state index contributed by atoms with van der Waals surface area (Å²) in [6.07, 6.45) is 1.23. The predicted octanol–water partition coefficient (Wildman–Crippen LogP) is 2.38. The highest BCUT2D eigenvalue weighted by molar-refractivity contribution is 5.99. The summed E-state index contributed by atoms with van der Waals surface area (Å²) in [5, 5.41) is 0. The van der Waals surface area contributed by atoms with Crippen molar-refractivity contribution in [3.05, 3.63) is 24.3 Å². The number of hydrogen-bond acceptors (Lipinski definition) is 7. The van der Waals surface area contributed by atoms with Crippen molar-refractivity contribution in [3.63, 3.8) is 0 Å². The zero-order valence-electron chi connectivity index (χ0n) is 17.5. The Labute approximate surface area is 170 Å². The van der Waals surface area contributed by atoms with Crippen LogP contribution in [0.5, 0.6) is 0 Å². The average Bonchev–Trinajstić information content (AvgIpc) is 3.11. The van der Waals surface area contributed by atoms with Gasteiger partial charge in [0, 0.05) is 18.4 Å². The first-order valence-corrected chi connectivity index (χ1v) is 10.0. The number of rotatable bonds is 4. The van der Waals surface area contributed by atoms with Crippen molar-refractivity contribution >= 4 is 23.7 Å². The third-order valence-electron chi connectivity index (χ3n) is 6.83. The minimum absolute atomic E-state index is 0.128. The van der Waals surface area contributed by atoms with E-state index in [1.807, 2.05) is 13.8 Å². The lowest BCUT2D eigenvalue weighted by atomic mass is 9.67. The fourth-order valence-electron chi connectivity index (χ4n) is 4.87. The van der Waals surface area contributed by atoms with Gasteiger partial charge in [0.25, 0.3) is 0 Å². The largest absolute Gasteiger partial charge is 0.460 e. The van der Waals surface area contributed by atoms with Gasteiger partial charge in [-0.2, -0.15) is 0 Å². The molecule has 0 aromatic carbocycles. The average molecular weight is 404 g/mol. The van der Waals surface area contributed by atoms with Crippen LogP contribution in [0.2, 0.25) is 0 Å². The van der Waals surface area contributed by atoms with Gasteiger partial charge in [0.15, 0.2) is 5.78 Å². The maximum absolute atomic E-state index is 13.0. The van der Waals surface area contributed by atoms with Crippen LogP contribution in [0.15, 0.2) is 24.3 Å². The van der Waals surface area contributed by atoms with Crippen molar-refractivity contribution in [3.8, 4) is 0 Å². The second kappa shape index (κ2) is 7.43. The molecule has 0 aromatic heterocycles. The molecular weight excluding hydrogens is 376 g/mol. The second-order valence-electron chi connectivity index (χ2n) is 8.55. The zero-order valence-corrected chi connectivity index (χ0v) is 17.5. The molecule has 3 aliphatic rings. The molecule has 1 heterocycles. The van der Waals surface area contributed by atoms with E-state index in [1.165, 1.54) is 13.0 Å². The van der Waals surface area contributed by atoms with E-state index in [9.17, 15) is 19.2 Å². The number of ketones is 1. The molecule has 7 heteroatoms. The van der Waals surface area contributed by atoms with Crippen molar-refractivity contribution < 1.29 is 33.4 Å². The predicted molar refractivity (Wildman–Crippen MR) is 102 cm³/mol. The molecule has 3 rings (SSSR count). The summed E-state index contributed by atoms with van der Waals surface area (Å²) in [4.78, 5) is 49.9. The number of ether oxygens (including phenoxy) is 3. The lowest BCUT2D eigenvalue weighted by Crippen LogP contribution is -2.49. The molecule has 0 spiro atoms. The van der Waals surface area contributed by atoms with Gasteiger partial charge < -0.3 is 14.2 Å². The minimum atomic E-state index is -1.11. The van der Waals surface area contributed by atoms with E-state index in [2.05, 4.69) is 6.58 Å². The van der Waals surface area contributed by atoms with E-state index < -0.39 is 47.6 Å². The minimum Gasteiger partial charge on any atom is -0.460 e. The standard InChI is InChI=1S/C22H28O7/c1-7-10(2)20(25)29-19-16-12(4)21(26)28-18(16)17(27-13(5)23)11(3)14-8-9-15(24)22(14,19)6/h8-11,14,16-19H,4,7H2,1-3,5-6H3/t10-,11+,14+,16-,17-,18+,19+,22+/m1/s1. The van der Waals surface area contributed by atoms with Gasteiger partial charge in [0.05, 0.1) is 17.3 Å². The Morgan fingerprint density at radius 1 is 1.31 bits per heavy atom. The van der Waals surface area contributed by atoms with Gasteiger partial charge in [-0.25, -0.2) is 4.79 Å². The maximum Gasteiger partial charge on any atom is 0.334 e. The number of carbonyl (C=O) groups is 4. The van der Waals surface area contributed by atoms with E-state index in [1.54, 1.807) is 19.9 Å². The Morgan fingerprint density at radius 3 is 2.55 bits per heavy atom. The maximum atomic E-state index is 13.0. The van der Waals surface area contributed by atoms with Gasteiger partial charge in [-0.1, -0.05) is 33.4 Å². The Balaban J connectivity index is 2.14. The topological polar surface area (TPSA) is 96.0 Å². The van der Waals surface area contributed by atoms with Gasteiger partial charge in [0.2, 0.25) is 0 Å². The molecule has 0 unspecified atom stereocenters. The quantitative estimate of drug-likeness (QED) is 0.403. The highest BCUT2D eigenvalue weighted by atomic mass is 16.6.